The van der Waals surface area contributed by atoms with Crippen molar-refractivity contribution in [1.82, 2.24) is 34.7 Å². The summed E-state index contributed by atoms with van der Waals surface area (Å²) in [6.45, 7) is 1.68. The third-order valence-electron chi connectivity index (χ3n) is 5.07. The van der Waals surface area contributed by atoms with Crippen molar-refractivity contribution in [1.29, 1.82) is 0 Å². The second kappa shape index (κ2) is 7.86. The number of hydrogen-bond donors (Lipinski definition) is 1. The number of carbonyl (C=O) groups excluding carboxylic acids is 2. The zero-order valence-electron chi connectivity index (χ0n) is 16.4. The summed E-state index contributed by atoms with van der Waals surface area (Å²) in [6, 6.07) is 7.27. The van der Waals surface area contributed by atoms with E-state index in [0.29, 0.717) is 30.8 Å². The molecule has 9 nitrogen and oxygen atoms in total. The summed E-state index contributed by atoms with van der Waals surface area (Å²) in [6.07, 6.45) is 6.00. The predicted molar refractivity (Wildman–Crippen MR) is 106 cm³/mol. The van der Waals surface area contributed by atoms with Gasteiger partial charge in [0, 0.05) is 58.2 Å². The summed E-state index contributed by atoms with van der Waals surface area (Å²) >= 11 is 0. The van der Waals surface area contributed by atoms with Gasteiger partial charge in [-0.2, -0.15) is 0 Å². The number of aromatic nitrogens is 4. The molecule has 1 aliphatic rings. The number of hydrogen-bond acceptors (Lipinski definition) is 5. The molecule has 4 heterocycles. The normalized spacial score (nSPS) is 16.2. The summed E-state index contributed by atoms with van der Waals surface area (Å²) < 4.78 is 1.85. The quantitative estimate of drug-likeness (QED) is 0.725. The van der Waals surface area contributed by atoms with Crippen LogP contribution in [0.5, 0.6) is 0 Å². The summed E-state index contributed by atoms with van der Waals surface area (Å²) in [5.74, 6) is 0.685. The Bertz CT molecular complexity index is 1030. The van der Waals surface area contributed by atoms with E-state index < -0.39 is 0 Å². The molecule has 0 aliphatic carbocycles. The number of carbonyl (C=O) groups is 2. The number of nitrogens with one attached hydrogen (secondary N) is 1. The van der Waals surface area contributed by atoms with Crippen LogP contribution in [0.3, 0.4) is 0 Å². The maximum atomic E-state index is 12.6. The van der Waals surface area contributed by atoms with Crippen molar-refractivity contribution < 1.29 is 9.59 Å². The van der Waals surface area contributed by atoms with E-state index in [2.05, 4.69) is 20.5 Å². The van der Waals surface area contributed by atoms with Crippen LogP contribution < -0.4 is 5.32 Å². The van der Waals surface area contributed by atoms with Crippen LogP contribution in [0.25, 0.3) is 5.65 Å². The molecule has 4 rings (SSSR count). The molecular formula is C20H23N7O2. The van der Waals surface area contributed by atoms with Gasteiger partial charge in [-0.3, -0.25) is 14.2 Å². The molecule has 0 unspecified atom stereocenters. The Hall–Kier alpha value is -3.49. The average Bonchev–Trinajstić information content (AvgIpc) is 3.38. The first-order valence-corrected chi connectivity index (χ1v) is 9.51. The third kappa shape index (κ3) is 3.89. The van der Waals surface area contributed by atoms with Crippen LogP contribution in [-0.2, 0) is 6.54 Å². The lowest BCUT2D eigenvalue weighted by Crippen LogP contribution is -2.37. The second-order valence-corrected chi connectivity index (χ2v) is 7.36. The van der Waals surface area contributed by atoms with Crippen molar-refractivity contribution in [2.75, 3.05) is 27.2 Å². The van der Waals surface area contributed by atoms with Crippen LogP contribution in [0, 0.1) is 0 Å². The second-order valence-electron chi connectivity index (χ2n) is 7.36. The SMILES string of the molecule is CN(C)C(=O)N1CC[C@@H](c2nnc3ccc(C(=O)NCc4cccnc4)cn23)C1. The molecule has 3 aromatic rings. The van der Waals surface area contributed by atoms with Crippen molar-refractivity contribution >= 4 is 17.6 Å². The lowest BCUT2D eigenvalue weighted by Gasteiger charge is -2.21. The van der Waals surface area contributed by atoms with Gasteiger partial charge in [0.2, 0.25) is 0 Å². The predicted octanol–water partition coefficient (Wildman–Crippen LogP) is 1.53. The summed E-state index contributed by atoms with van der Waals surface area (Å²) in [7, 11) is 3.50. The van der Waals surface area contributed by atoms with E-state index in [1.807, 2.05) is 21.4 Å². The monoisotopic (exact) mass is 393 g/mol. The Morgan fingerprint density at radius 3 is 2.86 bits per heavy atom. The lowest BCUT2D eigenvalue weighted by molar-refractivity contribution is 0.0950. The van der Waals surface area contributed by atoms with E-state index in [4.69, 9.17) is 0 Å². The van der Waals surface area contributed by atoms with Gasteiger partial charge >= 0.3 is 6.03 Å². The Balaban J connectivity index is 1.51. The molecule has 3 amide bonds. The highest BCUT2D eigenvalue weighted by Crippen LogP contribution is 2.27. The van der Waals surface area contributed by atoms with Crippen molar-refractivity contribution in [2.45, 2.75) is 18.9 Å². The van der Waals surface area contributed by atoms with E-state index in [1.165, 1.54) is 0 Å². The van der Waals surface area contributed by atoms with Gasteiger partial charge in [0.25, 0.3) is 5.91 Å². The summed E-state index contributed by atoms with van der Waals surface area (Å²) in [5.41, 5.74) is 2.14. The molecule has 1 N–H and O–H groups in total. The van der Waals surface area contributed by atoms with Crippen LogP contribution in [0.4, 0.5) is 4.79 Å². The van der Waals surface area contributed by atoms with Gasteiger partial charge in [-0.1, -0.05) is 6.07 Å². The fraction of sp³-hybridized carbons (Fsp3) is 0.350. The molecule has 0 aromatic carbocycles. The summed E-state index contributed by atoms with van der Waals surface area (Å²) in [4.78, 5) is 32.2. The standard InChI is InChI=1S/C20H23N7O2/c1-25(2)20(29)26-9-7-15(12-26)18-24-23-17-6-5-16(13-27(17)18)19(28)22-11-14-4-3-8-21-10-14/h3-6,8,10,13,15H,7,9,11-12H2,1-2H3,(H,22,28)/t15-/m1/s1. The number of urea groups is 1. The van der Waals surface area contributed by atoms with Gasteiger partial charge in [-0.15, -0.1) is 10.2 Å². The molecule has 3 aromatic heterocycles. The molecule has 0 bridgehead atoms. The topological polar surface area (TPSA) is 95.7 Å². The fourth-order valence-corrected chi connectivity index (χ4v) is 3.54. The van der Waals surface area contributed by atoms with E-state index in [1.54, 1.807) is 49.7 Å². The molecule has 29 heavy (non-hydrogen) atoms. The van der Waals surface area contributed by atoms with E-state index in [9.17, 15) is 9.59 Å². The van der Waals surface area contributed by atoms with Gasteiger partial charge in [0.1, 0.15) is 5.82 Å². The van der Waals surface area contributed by atoms with Crippen molar-refractivity contribution in [3.05, 3.63) is 59.8 Å². The molecule has 0 saturated carbocycles. The number of nitrogens with zero attached hydrogens (tertiary/aromatic N) is 6. The van der Waals surface area contributed by atoms with Crippen LogP contribution in [0.15, 0.2) is 42.9 Å². The van der Waals surface area contributed by atoms with Gasteiger partial charge in [0.05, 0.1) is 5.56 Å². The first kappa shape index (κ1) is 18.9. The summed E-state index contributed by atoms with van der Waals surface area (Å²) in [5, 5.41) is 11.5. The zero-order chi connectivity index (χ0) is 20.4. The Labute approximate surface area is 168 Å². The third-order valence-corrected chi connectivity index (χ3v) is 5.07. The number of likely N-dealkylation sites (tertiary alicyclic amines) is 1. The van der Waals surface area contributed by atoms with Crippen molar-refractivity contribution in [3.8, 4) is 0 Å². The van der Waals surface area contributed by atoms with Gasteiger partial charge in [0.15, 0.2) is 5.65 Å². The highest BCUT2D eigenvalue weighted by Gasteiger charge is 2.31. The molecular weight excluding hydrogens is 370 g/mol. The average molecular weight is 393 g/mol. The lowest BCUT2D eigenvalue weighted by atomic mass is 10.1. The Kier molecular flexibility index (Phi) is 5.11. The smallest absolute Gasteiger partial charge is 0.319 e. The van der Waals surface area contributed by atoms with Gasteiger partial charge in [-0.25, -0.2) is 4.79 Å². The zero-order valence-corrected chi connectivity index (χ0v) is 16.4. The Morgan fingerprint density at radius 1 is 1.24 bits per heavy atom. The van der Waals surface area contributed by atoms with Crippen LogP contribution >= 0.6 is 0 Å². The Morgan fingerprint density at radius 2 is 2.10 bits per heavy atom. The molecule has 150 valence electrons. The molecule has 0 spiro atoms. The molecule has 1 fully saturated rings. The van der Waals surface area contributed by atoms with E-state index in [0.717, 1.165) is 17.8 Å². The van der Waals surface area contributed by atoms with Crippen LogP contribution in [0.2, 0.25) is 0 Å². The number of fused-ring (bicyclic) bond motifs is 1. The maximum absolute atomic E-state index is 12.6. The minimum Gasteiger partial charge on any atom is -0.348 e. The first-order valence-electron chi connectivity index (χ1n) is 9.51. The van der Waals surface area contributed by atoms with Gasteiger partial charge in [-0.05, 0) is 30.2 Å². The first-order chi connectivity index (χ1) is 14.0. The van der Waals surface area contributed by atoms with Crippen molar-refractivity contribution in [3.63, 3.8) is 0 Å². The number of amides is 3. The maximum Gasteiger partial charge on any atom is 0.319 e. The van der Waals surface area contributed by atoms with Crippen LogP contribution in [0.1, 0.15) is 34.1 Å². The van der Waals surface area contributed by atoms with E-state index in [-0.39, 0.29) is 17.9 Å². The van der Waals surface area contributed by atoms with Crippen LogP contribution in [-0.4, -0.2) is 68.5 Å². The highest BCUT2D eigenvalue weighted by molar-refractivity contribution is 5.94. The number of rotatable bonds is 4. The fourth-order valence-electron chi connectivity index (χ4n) is 3.54. The molecule has 1 atom stereocenters. The van der Waals surface area contributed by atoms with Crippen molar-refractivity contribution in [2.24, 2.45) is 0 Å². The number of pyridine rings is 2. The molecule has 1 aliphatic heterocycles. The van der Waals surface area contributed by atoms with Gasteiger partial charge < -0.3 is 15.1 Å². The molecule has 9 heteroatoms. The molecule has 0 radical (unpaired) electrons. The minimum absolute atomic E-state index is 0.00297. The highest BCUT2D eigenvalue weighted by atomic mass is 16.2. The largest absolute Gasteiger partial charge is 0.348 e. The minimum atomic E-state index is -0.175. The van der Waals surface area contributed by atoms with E-state index >= 15 is 0 Å². The molecule has 1 saturated heterocycles.